The molecule has 0 saturated carbocycles. The van der Waals surface area contributed by atoms with Crippen LogP contribution in [0.15, 0.2) is 35.7 Å². The van der Waals surface area contributed by atoms with Crippen LogP contribution in [0.1, 0.15) is 24.0 Å². The van der Waals surface area contributed by atoms with Crippen molar-refractivity contribution in [3.05, 3.63) is 41.7 Å². The summed E-state index contributed by atoms with van der Waals surface area (Å²) >= 11 is 1.49. The second kappa shape index (κ2) is 7.66. The zero-order valence-corrected chi connectivity index (χ0v) is 16.6. The molecule has 6 nitrogen and oxygen atoms in total. The van der Waals surface area contributed by atoms with Gasteiger partial charge in [0.15, 0.2) is 10.9 Å². The summed E-state index contributed by atoms with van der Waals surface area (Å²) in [5.74, 6) is 0.0859. The van der Waals surface area contributed by atoms with Crippen LogP contribution in [0.3, 0.4) is 0 Å². The predicted molar refractivity (Wildman–Crippen MR) is 104 cm³/mol. The third-order valence-electron chi connectivity index (χ3n) is 5.25. The molecule has 1 spiro atoms. The molecule has 3 heterocycles. The van der Waals surface area contributed by atoms with E-state index < -0.39 is 5.79 Å². The number of hydrogen-bond donors (Lipinski definition) is 0. The lowest BCUT2D eigenvalue weighted by Crippen LogP contribution is -2.47. The molecule has 0 bridgehead atoms. The molecule has 27 heavy (non-hydrogen) atoms. The molecule has 2 aromatic rings. The molecule has 1 aromatic heterocycles. The number of aromatic nitrogens is 2. The van der Waals surface area contributed by atoms with Gasteiger partial charge in [-0.15, -0.1) is 0 Å². The van der Waals surface area contributed by atoms with Gasteiger partial charge in [-0.05, 0) is 31.0 Å². The van der Waals surface area contributed by atoms with Crippen molar-refractivity contribution in [2.24, 2.45) is 0 Å². The highest BCUT2D eigenvalue weighted by Gasteiger charge is 2.40. The number of carbonyl (C=O) groups excluding carboxylic acids is 1. The lowest BCUT2D eigenvalue weighted by molar-refractivity contribution is -0.186. The lowest BCUT2D eigenvalue weighted by atomic mass is 10.0. The molecule has 1 amide bonds. The quantitative estimate of drug-likeness (QED) is 0.755. The molecule has 4 rings (SSSR count). The lowest BCUT2D eigenvalue weighted by Gasteiger charge is -2.37. The van der Waals surface area contributed by atoms with Gasteiger partial charge >= 0.3 is 0 Å². The average molecular weight is 388 g/mol. The fraction of sp³-hybridized carbons (Fsp3) is 0.500. The van der Waals surface area contributed by atoms with Gasteiger partial charge in [0.2, 0.25) is 5.91 Å². The van der Waals surface area contributed by atoms with Crippen LogP contribution < -0.4 is 0 Å². The van der Waals surface area contributed by atoms with Gasteiger partial charge in [0.05, 0.1) is 24.7 Å². The first-order valence-corrected chi connectivity index (χ1v) is 10.3. The van der Waals surface area contributed by atoms with Crippen LogP contribution >= 0.6 is 11.8 Å². The number of likely N-dealkylation sites (tertiary alicyclic amines) is 1. The summed E-state index contributed by atoms with van der Waals surface area (Å²) in [5, 5.41) is 0.841. The van der Waals surface area contributed by atoms with Gasteiger partial charge in [0.25, 0.3) is 0 Å². The number of piperidine rings is 1. The fourth-order valence-corrected chi connectivity index (χ4v) is 4.53. The molecule has 1 aromatic carbocycles. The molecule has 2 aliphatic heterocycles. The van der Waals surface area contributed by atoms with E-state index >= 15 is 0 Å². The predicted octanol–water partition coefficient (Wildman–Crippen LogP) is 2.95. The van der Waals surface area contributed by atoms with Gasteiger partial charge in [-0.3, -0.25) is 9.36 Å². The Morgan fingerprint density at radius 2 is 1.96 bits per heavy atom. The topological polar surface area (TPSA) is 56.6 Å². The van der Waals surface area contributed by atoms with Crippen molar-refractivity contribution in [3.8, 4) is 5.69 Å². The molecule has 0 atom stereocenters. The highest BCUT2D eigenvalue weighted by Crippen LogP contribution is 2.32. The van der Waals surface area contributed by atoms with Gasteiger partial charge in [-0.25, -0.2) is 4.98 Å². The van der Waals surface area contributed by atoms with E-state index in [1.807, 2.05) is 11.1 Å². The molecule has 0 N–H and O–H groups in total. The highest BCUT2D eigenvalue weighted by molar-refractivity contribution is 7.99. The van der Waals surface area contributed by atoms with E-state index in [1.54, 1.807) is 6.20 Å². The Kier molecular flexibility index (Phi) is 5.25. The minimum Gasteiger partial charge on any atom is -0.347 e. The van der Waals surface area contributed by atoms with Crippen molar-refractivity contribution in [2.45, 2.75) is 37.6 Å². The van der Waals surface area contributed by atoms with Crippen molar-refractivity contribution in [3.63, 3.8) is 0 Å². The van der Waals surface area contributed by atoms with Crippen molar-refractivity contribution in [1.29, 1.82) is 0 Å². The number of nitrogens with zero attached hydrogens (tertiary/aromatic N) is 3. The summed E-state index contributed by atoms with van der Waals surface area (Å²) < 4.78 is 13.5. The van der Waals surface area contributed by atoms with Crippen LogP contribution in [-0.2, 0) is 14.3 Å². The third-order valence-corrected chi connectivity index (χ3v) is 6.20. The van der Waals surface area contributed by atoms with Gasteiger partial charge in [0.1, 0.15) is 0 Å². The largest absolute Gasteiger partial charge is 0.347 e. The van der Waals surface area contributed by atoms with Gasteiger partial charge < -0.3 is 14.4 Å². The Labute approximate surface area is 163 Å². The van der Waals surface area contributed by atoms with E-state index in [9.17, 15) is 4.79 Å². The van der Waals surface area contributed by atoms with Crippen molar-refractivity contribution < 1.29 is 14.3 Å². The Morgan fingerprint density at radius 3 is 2.70 bits per heavy atom. The summed E-state index contributed by atoms with van der Waals surface area (Å²) in [6, 6.07) is 6.36. The Balaban J connectivity index is 1.38. The maximum absolute atomic E-state index is 12.7. The molecular formula is C20H25N3O3S. The van der Waals surface area contributed by atoms with Crippen LogP contribution in [0.5, 0.6) is 0 Å². The van der Waals surface area contributed by atoms with E-state index in [4.69, 9.17) is 9.47 Å². The van der Waals surface area contributed by atoms with Crippen molar-refractivity contribution >= 4 is 17.7 Å². The van der Waals surface area contributed by atoms with Crippen molar-refractivity contribution in [2.75, 3.05) is 32.1 Å². The summed E-state index contributed by atoms with van der Waals surface area (Å²) in [7, 11) is 0. The number of ether oxygens (including phenoxy) is 2. The number of benzene rings is 1. The fourth-order valence-electron chi connectivity index (χ4n) is 3.66. The Morgan fingerprint density at radius 1 is 1.22 bits per heavy atom. The summed E-state index contributed by atoms with van der Waals surface area (Å²) in [5.41, 5.74) is 3.50. The zero-order valence-electron chi connectivity index (χ0n) is 15.8. The molecule has 144 valence electrons. The Hall–Kier alpha value is -1.83. The normalized spacial score (nSPS) is 19.0. The van der Waals surface area contributed by atoms with E-state index in [1.165, 1.54) is 22.9 Å². The van der Waals surface area contributed by atoms with Gasteiger partial charge in [0, 0.05) is 38.3 Å². The van der Waals surface area contributed by atoms with E-state index in [2.05, 4.69) is 41.6 Å². The zero-order chi connectivity index (χ0) is 18.9. The number of thioether (sulfide) groups is 1. The van der Waals surface area contributed by atoms with E-state index in [0.29, 0.717) is 32.1 Å². The number of imidazole rings is 1. The summed E-state index contributed by atoms with van der Waals surface area (Å²) in [6.07, 6.45) is 5.24. The molecule has 2 aliphatic rings. The first kappa shape index (κ1) is 18.5. The number of rotatable bonds is 4. The van der Waals surface area contributed by atoms with E-state index in [-0.39, 0.29) is 5.91 Å². The van der Waals surface area contributed by atoms with Crippen LogP contribution in [0.25, 0.3) is 5.69 Å². The number of carbonyl (C=O) groups is 1. The second-order valence-electron chi connectivity index (χ2n) is 7.15. The second-order valence-corrected chi connectivity index (χ2v) is 8.09. The number of amides is 1. The van der Waals surface area contributed by atoms with Crippen LogP contribution in [0.2, 0.25) is 0 Å². The Bertz CT molecular complexity index is 820. The summed E-state index contributed by atoms with van der Waals surface area (Å²) in [6.45, 7) is 6.85. The average Bonchev–Trinajstić information content (AvgIpc) is 3.32. The van der Waals surface area contributed by atoms with E-state index in [0.717, 1.165) is 23.7 Å². The minimum atomic E-state index is -0.442. The smallest absolute Gasteiger partial charge is 0.233 e. The molecule has 7 heteroatoms. The molecule has 0 radical (unpaired) electrons. The molecule has 2 saturated heterocycles. The SMILES string of the molecule is Cc1ccc(C)c(-n2ccnc2SCC(=O)N2CCC3(CC2)OCCO3)c1. The molecule has 0 aliphatic carbocycles. The van der Waals surface area contributed by atoms with Crippen LogP contribution in [0, 0.1) is 13.8 Å². The highest BCUT2D eigenvalue weighted by atomic mass is 32.2. The summed E-state index contributed by atoms with van der Waals surface area (Å²) in [4.78, 5) is 19.0. The van der Waals surface area contributed by atoms with Gasteiger partial charge in [-0.1, -0.05) is 23.9 Å². The van der Waals surface area contributed by atoms with Gasteiger partial charge in [-0.2, -0.15) is 0 Å². The molecule has 0 unspecified atom stereocenters. The first-order chi connectivity index (χ1) is 13.1. The monoisotopic (exact) mass is 387 g/mol. The standard InChI is InChI=1S/C20H25N3O3S/c1-15-3-4-16(2)17(13-15)23-10-7-21-19(23)27-14-18(24)22-8-5-20(6-9-22)25-11-12-26-20/h3-4,7,10,13H,5-6,8-9,11-12,14H2,1-2H3. The van der Waals surface area contributed by atoms with Crippen LogP contribution in [-0.4, -0.2) is 58.2 Å². The maximum Gasteiger partial charge on any atom is 0.233 e. The molecular weight excluding hydrogens is 362 g/mol. The number of aryl methyl sites for hydroxylation is 2. The van der Waals surface area contributed by atoms with Crippen molar-refractivity contribution in [1.82, 2.24) is 14.5 Å². The molecule has 2 fully saturated rings. The first-order valence-electron chi connectivity index (χ1n) is 9.36. The van der Waals surface area contributed by atoms with Crippen LogP contribution in [0.4, 0.5) is 0 Å². The maximum atomic E-state index is 12.7. The number of hydrogen-bond acceptors (Lipinski definition) is 5. The third kappa shape index (κ3) is 3.90. The minimum absolute atomic E-state index is 0.142.